The third-order valence-corrected chi connectivity index (χ3v) is 4.04. The quantitative estimate of drug-likeness (QED) is 0.827. The van der Waals surface area contributed by atoms with Gasteiger partial charge in [-0.15, -0.1) is 0 Å². The molecule has 0 aromatic rings. The summed E-state index contributed by atoms with van der Waals surface area (Å²) in [6.45, 7) is 8.34. The zero-order valence-electron chi connectivity index (χ0n) is 13.0. The van der Waals surface area contributed by atoms with Gasteiger partial charge in [0.15, 0.2) is 0 Å². The van der Waals surface area contributed by atoms with Crippen LogP contribution in [-0.2, 0) is 4.74 Å². The molecule has 1 aliphatic carbocycles. The van der Waals surface area contributed by atoms with Gasteiger partial charge in [0.25, 0.3) is 0 Å². The normalized spacial score (nSPS) is 30.8. The van der Waals surface area contributed by atoms with Gasteiger partial charge < -0.3 is 20.7 Å². The molecule has 5 heteroatoms. The van der Waals surface area contributed by atoms with Crippen LogP contribution < -0.4 is 11.1 Å². The highest BCUT2D eigenvalue weighted by atomic mass is 16.6. The molecule has 2 rings (SSSR count). The molecule has 0 spiro atoms. The number of hydrogen-bond acceptors (Lipinski definition) is 4. The number of amides is 1. The van der Waals surface area contributed by atoms with E-state index in [0.29, 0.717) is 18.0 Å². The summed E-state index contributed by atoms with van der Waals surface area (Å²) in [4.78, 5) is 13.9. The average Bonchev–Trinajstić information content (AvgIpc) is 2.31. The highest BCUT2D eigenvalue weighted by Gasteiger charge is 2.29. The monoisotopic (exact) mass is 283 g/mol. The standard InChI is InChI=1S/C15H29N3O2/c1-15(2,3)20-14(19)18-6-4-5-11(10-18)9-17-13-7-12(16)8-13/h11-13,17H,4-10,16H2,1-3H3. The van der Waals surface area contributed by atoms with Crippen LogP contribution >= 0.6 is 0 Å². The number of carbonyl (C=O) groups is 1. The Kier molecular flexibility index (Phi) is 4.91. The van der Waals surface area contributed by atoms with E-state index >= 15 is 0 Å². The molecule has 1 amide bonds. The summed E-state index contributed by atoms with van der Waals surface area (Å²) >= 11 is 0. The van der Waals surface area contributed by atoms with Crippen LogP contribution in [0.4, 0.5) is 4.79 Å². The van der Waals surface area contributed by atoms with Crippen molar-refractivity contribution in [3.05, 3.63) is 0 Å². The van der Waals surface area contributed by atoms with E-state index in [1.807, 2.05) is 25.7 Å². The van der Waals surface area contributed by atoms with Crippen LogP contribution in [0.5, 0.6) is 0 Å². The smallest absolute Gasteiger partial charge is 0.410 e. The Morgan fingerprint density at radius 2 is 2.10 bits per heavy atom. The largest absolute Gasteiger partial charge is 0.444 e. The fourth-order valence-corrected chi connectivity index (χ4v) is 2.89. The minimum absolute atomic E-state index is 0.173. The predicted octanol–water partition coefficient (Wildman–Crippen LogP) is 1.71. The summed E-state index contributed by atoms with van der Waals surface area (Å²) in [6.07, 6.45) is 4.25. The molecule has 0 radical (unpaired) electrons. The molecule has 1 aliphatic heterocycles. The first-order chi connectivity index (χ1) is 9.33. The number of likely N-dealkylation sites (tertiary alicyclic amines) is 1. The van der Waals surface area contributed by atoms with Crippen LogP contribution in [0, 0.1) is 5.92 Å². The fourth-order valence-electron chi connectivity index (χ4n) is 2.89. The van der Waals surface area contributed by atoms with Gasteiger partial charge in [0.1, 0.15) is 5.60 Å². The first-order valence-corrected chi connectivity index (χ1v) is 7.80. The second-order valence-corrected chi connectivity index (χ2v) is 7.27. The number of carbonyl (C=O) groups excluding carboxylic acids is 1. The van der Waals surface area contributed by atoms with Crippen LogP contribution in [0.3, 0.4) is 0 Å². The maximum atomic E-state index is 12.1. The minimum atomic E-state index is -0.412. The molecule has 2 fully saturated rings. The van der Waals surface area contributed by atoms with E-state index in [1.54, 1.807) is 0 Å². The first-order valence-electron chi connectivity index (χ1n) is 7.80. The van der Waals surface area contributed by atoms with Gasteiger partial charge in [-0.25, -0.2) is 4.79 Å². The first kappa shape index (κ1) is 15.6. The summed E-state index contributed by atoms with van der Waals surface area (Å²) < 4.78 is 5.45. The van der Waals surface area contributed by atoms with Crippen molar-refractivity contribution in [3.8, 4) is 0 Å². The molecule has 1 unspecified atom stereocenters. The van der Waals surface area contributed by atoms with Gasteiger partial charge in [0, 0.05) is 25.2 Å². The molecule has 0 aromatic carbocycles. The molecule has 1 saturated carbocycles. The number of nitrogens with one attached hydrogen (secondary N) is 1. The van der Waals surface area contributed by atoms with Crippen molar-refractivity contribution in [1.82, 2.24) is 10.2 Å². The molecule has 5 nitrogen and oxygen atoms in total. The third-order valence-electron chi connectivity index (χ3n) is 4.04. The second kappa shape index (κ2) is 6.31. The lowest BCUT2D eigenvalue weighted by molar-refractivity contribution is 0.0164. The summed E-state index contributed by atoms with van der Waals surface area (Å²) in [6, 6.07) is 0.971. The summed E-state index contributed by atoms with van der Waals surface area (Å²) in [7, 11) is 0. The third kappa shape index (κ3) is 4.63. The molecular weight excluding hydrogens is 254 g/mol. The second-order valence-electron chi connectivity index (χ2n) is 7.27. The lowest BCUT2D eigenvalue weighted by Crippen LogP contribution is -2.51. The van der Waals surface area contributed by atoms with Crippen molar-refractivity contribution in [2.75, 3.05) is 19.6 Å². The van der Waals surface area contributed by atoms with Crippen molar-refractivity contribution in [2.24, 2.45) is 11.7 Å². The zero-order chi connectivity index (χ0) is 14.8. The topological polar surface area (TPSA) is 67.6 Å². The van der Waals surface area contributed by atoms with E-state index in [4.69, 9.17) is 10.5 Å². The van der Waals surface area contributed by atoms with Crippen molar-refractivity contribution in [2.45, 2.75) is 64.1 Å². The summed E-state index contributed by atoms with van der Waals surface area (Å²) in [5.41, 5.74) is 5.38. The lowest BCUT2D eigenvalue weighted by atomic mass is 9.87. The number of hydrogen-bond donors (Lipinski definition) is 2. The molecule has 20 heavy (non-hydrogen) atoms. The Morgan fingerprint density at radius 1 is 1.40 bits per heavy atom. The van der Waals surface area contributed by atoms with E-state index < -0.39 is 5.60 Å². The fraction of sp³-hybridized carbons (Fsp3) is 0.933. The number of nitrogens with zero attached hydrogens (tertiary/aromatic N) is 1. The Labute approximate surface area is 122 Å². The van der Waals surface area contributed by atoms with Crippen molar-refractivity contribution in [3.63, 3.8) is 0 Å². The average molecular weight is 283 g/mol. The highest BCUT2D eigenvalue weighted by molar-refractivity contribution is 5.68. The zero-order valence-corrected chi connectivity index (χ0v) is 13.0. The van der Waals surface area contributed by atoms with Gasteiger partial charge in [0.2, 0.25) is 0 Å². The Hall–Kier alpha value is -0.810. The van der Waals surface area contributed by atoms with Crippen LogP contribution in [-0.4, -0.2) is 48.3 Å². The summed E-state index contributed by atoms with van der Waals surface area (Å²) in [5.74, 6) is 0.535. The summed E-state index contributed by atoms with van der Waals surface area (Å²) in [5, 5.41) is 3.57. The molecule has 2 aliphatic rings. The van der Waals surface area contributed by atoms with Crippen LogP contribution in [0.1, 0.15) is 46.5 Å². The maximum absolute atomic E-state index is 12.1. The Balaban J connectivity index is 1.72. The van der Waals surface area contributed by atoms with E-state index in [2.05, 4.69) is 5.32 Å². The van der Waals surface area contributed by atoms with Gasteiger partial charge in [-0.1, -0.05) is 0 Å². The Bertz CT molecular complexity index is 335. The van der Waals surface area contributed by atoms with E-state index in [0.717, 1.165) is 38.9 Å². The van der Waals surface area contributed by atoms with E-state index in [-0.39, 0.29) is 6.09 Å². The lowest BCUT2D eigenvalue weighted by Gasteiger charge is -2.37. The number of rotatable bonds is 3. The van der Waals surface area contributed by atoms with Crippen molar-refractivity contribution < 1.29 is 9.53 Å². The van der Waals surface area contributed by atoms with Gasteiger partial charge >= 0.3 is 6.09 Å². The number of ether oxygens (including phenoxy) is 1. The van der Waals surface area contributed by atoms with Crippen LogP contribution in [0.15, 0.2) is 0 Å². The van der Waals surface area contributed by atoms with Gasteiger partial charge in [-0.3, -0.25) is 0 Å². The van der Waals surface area contributed by atoms with Crippen LogP contribution in [0.25, 0.3) is 0 Å². The molecule has 0 aromatic heterocycles. The van der Waals surface area contributed by atoms with E-state index in [9.17, 15) is 4.79 Å². The van der Waals surface area contributed by atoms with Crippen LogP contribution in [0.2, 0.25) is 0 Å². The Morgan fingerprint density at radius 3 is 2.70 bits per heavy atom. The number of nitrogens with two attached hydrogens (primary N) is 1. The van der Waals surface area contributed by atoms with E-state index in [1.165, 1.54) is 6.42 Å². The maximum Gasteiger partial charge on any atom is 0.410 e. The molecule has 3 N–H and O–H groups in total. The molecule has 1 saturated heterocycles. The van der Waals surface area contributed by atoms with Crippen molar-refractivity contribution >= 4 is 6.09 Å². The van der Waals surface area contributed by atoms with Gasteiger partial charge in [-0.05, 0) is 58.9 Å². The van der Waals surface area contributed by atoms with Gasteiger partial charge in [0.05, 0.1) is 0 Å². The minimum Gasteiger partial charge on any atom is -0.444 e. The van der Waals surface area contributed by atoms with Crippen molar-refractivity contribution in [1.29, 1.82) is 0 Å². The predicted molar refractivity (Wildman–Crippen MR) is 79.5 cm³/mol. The highest BCUT2D eigenvalue weighted by Crippen LogP contribution is 2.21. The number of piperidine rings is 1. The molecule has 1 atom stereocenters. The molecule has 116 valence electrons. The molecule has 0 bridgehead atoms. The SMILES string of the molecule is CC(C)(C)OC(=O)N1CCCC(CNC2CC(N)C2)C1. The van der Waals surface area contributed by atoms with Gasteiger partial charge in [-0.2, -0.15) is 0 Å². The molecular formula is C15H29N3O2. The molecule has 1 heterocycles.